The highest BCUT2D eigenvalue weighted by molar-refractivity contribution is 5.77. The fourth-order valence-electron chi connectivity index (χ4n) is 2.59. The van der Waals surface area contributed by atoms with E-state index in [2.05, 4.69) is 0 Å². The standard InChI is InChI=1S/C21H28N2O3/c1-17-8-5-6-11-20(17)26-13-12-22(2)16-21(24)23(3)15-18-9-7-10-19(14-18)25-4/h5-11,14H,12-13,15-16H2,1-4H3. The van der Waals surface area contributed by atoms with Gasteiger partial charge in [-0.05, 0) is 43.3 Å². The van der Waals surface area contributed by atoms with Crippen molar-refractivity contribution < 1.29 is 14.3 Å². The van der Waals surface area contributed by atoms with Crippen molar-refractivity contribution in [3.05, 3.63) is 59.7 Å². The molecule has 0 bridgehead atoms. The van der Waals surface area contributed by atoms with Crippen LogP contribution in [0.25, 0.3) is 0 Å². The molecule has 0 spiro atoms. The summed E-state index contributed by atoms with van der Waals surface area (Å²) in [6.45, 7) is 4.18. The predicted molar refractivity (Wildman–Crippen MR) is 104 cm³/mol. The van der Waals surface area contributed by atoms with Gasteiger partial charge in [0.15, 0.2) is 0 Å². The summed E-state index contributed by atoms with van der Waals surface area (Å²) >= 11 is 0. The summed E-state index contributed by atoms with van der Waals surface area (Å²) in [4.78, 5) is 16.1. The molecule has 2 aromatic carbocycles. The monoisotopic (exact) mass is 356 g/mol. The van der Waals surface area contributed by atoms with Gasteiger partial charge in [0, 0.05) is 20.1 Å². The molecule has 0 atom stereocenters. The lowest BCUT2D eigenvalue weighted by Gasteiger charge is -2.22. The van der Waals surface area contributed by atoms with E-state index in [1.165, 1.54) is 0 Å². The van der Waals surface area contributed by atoms with Gasteiger partial charge in [-0.25, -0.2) is 0 Å². The van der Waals surface area contributed by atoms with Crippen LogP contribution in [0.15, 0.2) is 48.5 Å². The molecule has 0 unspecified atom stereocenters. The minimum absolute atomic E-state index is 0.0752. The van der Waals surface area contributed by atoms with Crippen molar-refractivity contribution in [3.8, 4) is 11.5 Å². The number of amides is 1. The average molecular weight is 356 g/mol. The van der Waals surface area contributed by atoms with Crippen molar-refractivity contribution in [3.63, 3.8) is 0 Å². The first-order chi connectivity index (χ1) is 12.5. The van der Waals surface area contributed by atoms with Gasteiger partial charge in [0.2, 0.25) is 5.91 Å². The van der Waals surface area contributed by atoms with Gasteiger partial charge in [0.1, 0.15) is 18.1 Å². The molecule has 0 aromatic heterocycles. The average Bonchev–Trinajstić information content (AvgIpc) is 2.63. The lowest BCUT2D eigenvalue weighted by molar-refractivity contribution is -0.131. The number of hydrogen-bond acceptors (Lipinski definition) is 4. The van der Waals surface area contributed by atoms with E-state index >= 15 is 0 Å². The molecule has 0 saturated carbocycles. The zero-order valence-corrected chi connectivity index (χ0v) is 16.1. The summed E-state index contributed by atoms with van der Waals surface area (Å²) in [5, 5.41) is 0. The maximum Gasteiger partial charge on any atom is 0.236 e. The first-order valence-electron chi connectivity index (χ1n) is 8.73. The molecule has 0 saturated heterocycles. The molecule has 2 aromatic rings. The number of hydrogen-bond donors (Lipinski definition) is 0. The molecule has 1 amide bonds. The van der Waals surface area contributed by atoms with Crippen LogP contribution in [0.3, 0.4) is 0 Å². The van der Waals surface area contributed by atoms with Crippen LogP contribution in [0.1, 0.15) is 11.1 Å². The molecule has 0 aliphatic heterocycles. The van der Waals surface area contributed by atoms with Gasteiger partial charge < -0.3 is 14.4 Å². The Balaban J connectivity index is 1.76. The summed E-state index contributed by atoms with van der Waals surface area (Å²) in [5.41, 5.74) is 2.16. The highest BCUT2D eigenvalue weighted by Gasteiger charge is 2.12. The zero-order chi connectivity index (χ0) is 18.9. The number of likely N-dealkylation sites (N-methyl/N-ethyl adjacent to an activating group) is 2. The van der Waals surface area contributed by atoms with Gasteiger partial charge in [0.05, 0.1) is 13.7 Å². The van der Waals surface area contributed by atoms with Crippen LogP contribution in [-0.4, -0.2) is 56.6 Å². The van der Waals surface area contributed by atoms with Gasteiger partial charge in [-0.3, -0.25) is 9.69 Å². The van der Waals surface area contributed by atoms with Crippen LogP contribution in [0.2, 0.25) is 0 Å². The minimum atomic E-state index is 0.0752. The molecule has 140 valence electrons. The Morgan fingerprint density at radius 1 is 1.08 bits per heavy atom. The van der Waals surface area contributed by atoms with E-state index in [-0.39, 0.29) is 5.91 Å². The van der Waals surface area contributed by atoms with E-state index < -0.39 is 0 Å². The molecular weight excluding hydrogens is 328 g/mol. The van der Waals surface area contributed by atoms with E-state index in [4.69, 9.17) is 9.47 Å². The Hall–Kier alpha value is -2.53. The summed E-state index contributed by atoms with van der Waals surface area (Å²) in [6.07, 6.45) is 0. The number of rotatable bonds is 9. The number of methoxy groups -OCH3 is 1. The lowest BCUT2D eigenvalue weighted by atomic mass is 10.2. The summed E-state index contributed by atoms with van der Waals surface area (Å²) in [5.74, 6) is 1.77. The maximum absolute atomic E-state index is 12.4. The second-order valence-corrected chi connectivity index (χ2v) is 6.45. The molecule has 0 aliphatic carbocycles. The van der Waals surface area contributed by atoms with Crippen LogP contribution >= 0.6 is 0 Å². The van der Waals surface area contributed by atoms with Crippen molar-refractivity contribution in [1.82, 2.24) is 9.80 Å². The molecule has 5 nitrogen and oxygen atoms in total. The molecule has 0 radical (unpaired) electrons. The predicted octanol–water partition coefficient (Wildman–Crippen LogP) is 2.97. The normalized spacial score (nSPS) is 10.7. The first kappa shape index (κ1) is 19.8. The minimum Gasteiger partial charge on any atom is -0.497 e. The highest BCUT2D eigenvalue weighted by Crippen LogP contribution is 2.16. The van der Waals surface area contributed by atoms with Crippen molar-refractivity contribution >= 4 is 5.91 Å². The molecule has 2 rings (SSSR count). The Morgan fingerprint density at radius 3 is 2.58 bits per heavy atom. The van der Waals surface area contributed by atoms with Gasteiger partial charge in [-0.15, -0.1) is 0 Å². The Labute approximate surface area is 156 Å². The number of carbonyl (C=O) groups excluding carboxylic acids is 1. The second kappa shape index (κ2) is 9.82. The third-order valence-electron chi connectivity index (χ3n) is 4.21. The fourth-order valence-corrected chi connectivity index (χ4v) is 2.59. The van der Waals surface area contributed by atoms with Crippen molar-refractivity contribution in [2.75, 3.05) is 40.9 Å². The number of para-hydroxylation sites is 1. The van der Waals surface area contributed by atoms with Gasteiger partial charge in [-0.2, -0.15) is 0 Å². The molecule has 26 heavy (non-hydrogen) atoms. The molecule has 0 aliphatic rings. The van der Waals surface area contributed by atoms with Crippen LogP contribution < -0.4 is 9.47 Å². The van der Waals surface area contributed by atoms with E-state index in [1.54, 1.807) is 12.0 Å². The van der Waals surface area contributed by atoms with Crippen LogP contribution in [0.4, 0.5) is 0 Å². The maximum atomic E-state index is 12.4. The summed E-state index contributed by atoms with van der Waals surface area (Å²) < 4.78 is 11.0. The van der Waals surface area contributed by atoms with Crippen molar-refractivity contribution in [2.24, 2.45) is 0 Å². The smallest absolute Gasteiger partial charge is 0.236 e. The number of aryl methyl sites for hydroxylation is 1. The largest absolute Gasteiger partial charge is 0.497 e. The second-order valence-electron chi connectivity index (χ2n) is 6.45. The number of carbonyl (C=O) groups is 1. The third kappa shape index (κ3) is 6.08. The van der Waals surface area contributed by atoms with Crippen molar-refractivity contribution in [1.29, 1.82) is 0 Å². The fraction of sp³-hybridized carbons (Fsp3) is 0.381. The Kier molecular flexibility index (Phi) is 7.48. The quantitative estimate of drug-likeness (QED) is 0.693. The molecule has 0 heterocycles. The Morgan fingerprint density at radius 2 is 1.85 bits per heavy atom. The van der Waals surface area contributed by atoms with E-state index in [1.807, 2.05) is 74.4 Å². The van der Waals surface area contributed by atoms with Gasteiger partial charge in [0.25, 0.3) is 0 Å². The van der Waals surface area contributed by atoms with Crippen molar-refractivity contribution in [2.45, 2.75) is 13.5 Å². The highest BCUT2D eigenvalue weighted by atomic mass is 16.5. The van der Waals surface area contributed by atoms with E-state index in [0.717, 1.165) is 22.6 Å². The van der Waals surface area contributed by atoms with Crippen LogP contribution in [-0.2, 0) is 11.3 Å². The van der Waals surface area contributed by atoms with Gasteiger partial charge >= 0.3 is 0 Å². The van der Waals surface area contributed by atoms with Crippen LogP contribution in [0.5, 0.6) is 11.5 Å². The lowest BCUT2D eigenvalue weighted by Crippen LogP contribution is -2.37. The molecule has 0 N–H and O–H groups in total. The SMILES string of the molecule is COc1cccc(CN(C)C(=O)CN(C)CCOc2ccccc2C)c1. The van der Waals surface area contributed by atoms with E-state index in [0.29, 0.717) is 26.2 Å². The van der Waals surface area contributed by atoms with E-state index in [9.17, 15) is 4.79 Å². The summed E-state index contributed by atoms with van der Waals surface area (Å²) in [7, 11) is 5.39. The molecule has 0 fully saturated rings. The number of nitrogens with zero attached hydrogens (tertiary/aromatic N) is 2. The van der Waals surface area contributed by atoms with Gasteiger partial charge in [-0.1, -0.05) is 30.3 Å². The first-order valence-corrected chi connectivity index (χ1v) is 8.73. The molecule has 5 heteroatoms. The third-order valence-corrected chi connectivity index (χ3v) is 4.21. The van der Waals surface area contributed by atoms with Crippen LogP contribution in [0, 0.1) is 6.92 Å². The number of benzene rings is 2. The summed E-state index contributed by atoms with van der Waals surface area (Å²) in [6, 6.07) is 15.7. The zero-order valence-electron chi connectivity index (χ0n) is 16.1. The topological polar surface area (TPSA) is 42.0 Å². The molecular formula is C21H28N2O3. The Bertz CT molecular complexity index is 718. The number of ether oxygens (including phenoxy) is 2.